The van der Waals surface area contributed by atoms with E-state index in [4.69, 9.17) is 9.47 Å². The maximum absolute atomic E-state index is 15.1. The van der Waals surface area contributed by atoms with Gasteiger partial charge in [-0.05, 0) is 37.8 Å². The van der Waals surface area contributed by atoms with Gasteiger partial charge in [0.05, 0.1) is 41.2 Å². The van der Waals surface area contributed by atoms with Crippen LogP contribution in [0.15, 0.2) is 41.5 Å². The summed E-state index contributed by atoms with van der Waals surface area (Å²) in [5.74, 6) is -0.374. The van der Waals surface area contributed by atoms with Gasteiger partial charge in [0.15, 0.2) is 0 Å². The van der Waals surface area contributed by atoms with E-state index in [9.17, 15) is 4.79 Å². The molecule has 4 aromatic rings. The molecule has 3 aromatic heterocycles. The summed E-state index contributed by atoms with van der Waals surface area (Å²) in [4.78, 5) is 22.1. The third-order valence-corrected chi connectivity index (χ3v) is 6.77. The maximum Gasteiger partial charge on any atom is 0.329 e. The SMILES string of the molecule is COCc1ccc(-c2cc3c(cc2F)ncc2c3n(C3CCC(OC)CC3)c(=O)n2C)cn1. The lowest BCUT2D eigenvalue weighted by atomic mass is 9.92. The van der Waals surface area contributed by atoms with Crippen LogP contribution < -0.4 is 5.69 Å². The highest BCUT2D eigenvalue weighted by molar-refractivity contribution is 6.04. The highest BCUT2D eigenvalue weighted by atomic mass is 19.1. The van der Waals surface area contributed by atoms with Crippen molar-refractivity contribution in [1.82, 2.24) is 19.1 Å². The van der Waals surface area contributed by atoms with E-state index in [0.29, 0.717) is 23.3 Å². The van der Waals surface area contributed by atoms with Crippen molar-refractivity contribution in [2.24, 2.45) is 7.05 Å². The second kappa shape index (κ2) is 8.68. The zero-order valence-electron chi connectivity index (χ0n) is 19.0. The summed E-state index contributed by atoms with van der Waals surface area (Å²) in [6.45, 7) is 0.395. The highest BCUT2D eigenvalue weighted by Gasteiger charge is 2.27. The van der Waals surface area contributed by atoms with Crippen molar-refractivity contribution in [1.29, 1.82) is 0 Å². The molecule has 0 saturated heterocycles. The molecule has 5 rings (SSSR count). The summed E-state index contributed by atoms with van der Waals surface area (Å²) in [5.41, 5.74) is 3.87. The Hall–Kier alpha value is -3.10. The molecule has 3 heterocycles. The molecule has 0 aliphatic heterocycles. The van der Waals surface area contributed by atoms with Crippen LogP contribution in [0.5, 0.6) is 0 Å². The molecule has 33 heavy (non-hydrogen) atoms. The Morgan fingerprint density at radius 3 is 2.55 bits per heavy atom. The Morgan fingerprint density at radius 1 is 1.09 bits per heavy atom. The van der Waals surface area contributed by atoms with Crippen LogP contribution in [0.3, 0.4) is 0 Å². The summed E-state index contributed by atoms with van der Waals surface area (Å²) < 4.78 is 29.2. The fourth-order valence-electron chi connectivity index (χ4n) is 4.96. The first kappa shape index (κ1) is 21.7. The molecule has 0 bridgehead atoms. The first-order valence-corrected chi connectivity index (χ1v) is 11.2. The fraction of sp³-hybridized carbons (Fsp3) is 0.400. The summed E-state index contributed by atoms with van der Waals surface area (Å²) >= 11 is 0. The molecule has 8 heteroatoms. The van der Waals surface area contributed by atoms with E-state index in [2.05, 4.69) is 9.97 Å². The molecule has 1 aliphatic carbocycles. The molecule has 172 valence electrons. The van der Waals surface area contributed by atoms with Gasteiger partial charge in [0, 0.05) is 56.1 Å². The van der Waals surface area contributed by atoms with Crippen LogP contribution in [0, 0.1) is 5.82 Å². The van der Waals surface area contributed by atoms with Gasteiger partial charge in [-0.25, -0.2) is 9.18 Å². The number of aromatic nitrogens is 4. The average Bonchev–Trinajstić information content (AvgIpc) is 3.10. The normalized spacial score (nSPS) is 18.9. The Morgan fingerprint density at radius 2 is 1.88 bits per heavy atom. The number of fused-ring (bicyclic) bond motifs is 3. The summed E-state index contributed by atoms with van der Waals surface area (Å²) in [6, 6.07) is 6.97. The van der Waals surface area contributed by atoms with Gasteiger partial charge in [0.1, 0.15) is 5.82 Å². The van der Waals surface area contributed by atoms with Gasteiger partial charge in [-0.3, -0.25) is 19.1 Å². The Balaban J connectivity index is 1.69. The number of halogens is 1. The monoisotopic (exact) mass is 450 g/mol. The lowest BCUT2D eigenvalue weighted by molar-refractivity contribution is 0.0585. The first-order chi connectivity index (χ1) is 16.0. The van der Waals surface area contributed by atoms with Crippen molar-refractivity contribution in [3.8, 4) is 11.1 Å². The van der Waals surface area contributed by atoms with Gasteiger partial charge in [-0.15, -0.1) is 0 Å². The van der Waals surface area contributed by atoms with Crippen LogP contribution in [-0.4, -0.2) is 39.4 Å². The number of hydrogen-bond donors (Lipinski definition) is 0. The predicted octanol–water partition coefficient (Wildman–Crippen LogP) is 4.37. The van der Waals surface area contributed by atoms with Crippen molar-refractivity contribution in [2.75, 3.05) is 14.2 Å². The van der Waals surface area contributed by atoms with Gasteiger partial charge in [0.2, 0.25) is 0 Å². The minimum absolute atomic E-state index is 0.0710. The number of aryl methyl sites for hydroxylation is 1. The number of ether oxygens (including phenoxy) is 2. The first-order valence-electron chi connectivity index (χ1n) is 11.2. The van der Waals surface area contributed by atoms with Crippen molar-refractivity contribution >= 4 is 21.9 Å². The van der Waals surface area contributed by atoms with Crippen LogP contribution in [0.25, 0.3) is 33.1 Å². The van der Waals surface area contributed by atoms with E-state index in [1.165, 1.54) is 6.07 Å². The van der Waals surface area contributed by atoms with Crippen LogP contribution in [0.4, 0.5) is 4.39 Å². The van der Waals surface area contributed by atoms with E-state index in [1.54, 1.807) is 44.3 Å². The average molecular weight is 451 g/mol. The molecule has 0 atom stereocenters. The quantitative estimate of drug-likeness (QED) is 0.452. The zero-order chi connectivity index (χ0) is 23.1. The Bertz CT molecular complexity index is 1370. The maximum atomic E-state index is 15.1. The highest BCUT2D eigenvalue weighted by Crippen LogP contribution is 2.35. The molecule has 0 amide bonds. The molecule has 0 unspecified atom stereocenters. The Kier molecular flexibility index (Phi) is 5.72. The minimum atomic E-state index is -0.374. The largest absolute Gasteiger partial charge is 0.381 e. The number of nitrogens with zero attached hydrogens (tertiary/aromatic N) is 4. The van der Waals surface area contributed by atoms with E-state index in [-0.39, 0.29) is 23.7 Å². The molecule has 0 spiro atoms. The van der Waals surface area contributed by atoms with E-state index < -0.39 is 0 Å². The van der Waals surface area contributed by atoms with Gasteiger partial charge in [-0.2, -0.15) is 0 Å². The van der Waals surface area contributed by atoms with Crippen molar-refractivity contribution < 1.29 is 13.9 Å². The van der Waals surface area contributed by atoms with Gasteiger partial charge in [0.25, 0.3) is 0 Å². The number of rotatable bonds is 5. The van der Waals surface area contributed by atoms with Gasteiger partial charge >= 0.3 is 5.69 Å². The van der Waals surface area contributed by atoms with Crippen LogP contribution in [0.1, 0.15) is 37.4 Å². The summed E-state index contributed by atoms with van der Waals surface area (Å²) in [7, 11) is 5.11. The lowest BCUT2D eigenvalue weighted by Crippen LogP contribution is -2.30. The summed E-state index contributed by atoms with van der Waals surface area (Å²) in [5, 5.41) is 0.761. The molecule has 1 fully saturated rings. The third-order valence-electron chi connectivity index (χ3n) is 6.77. The van der Waals surface area contributed by atoms with Crippen LogP contribution in [0.2, 0.25) is 0 Å². The van der Waals surface area contributed by atoms with Gasteiger partial charge < -0.3 is 9.47 Å². The third kappa shape index (κ3) is 3.73. The second-order valence-electron chi connectivity index (χ2n) is 8.69. The molecule has 1 aliphatic rings. The number of imidazole rings is 1. The lowest BCUT2D eigenvalue weighted by Gasteiger charge is -2.28. The molecule has 1 saturated carbocycles. The molecular weight excluding hydrogens is 423 g/mol. The van der Waals surface area contributed by atoms with E-state index >= 15 is 4.39 Å². The molecule has 0 N–H and O–H groups in total. The standard InChI is InChI=1S/C25H27FN4O3/c1-29-23-13-28-22-11-21(26)19(15-4-5-16(14-32-2)27-12-15)10-20(22)24(23)30(25(29)31)17-6-8-18(33-3)9-7-17/h4-5,10-13,17-18H,6-9,14H2,1-3H3. The molecular formula is C25H27FN4O3. The molecule has 1 aromatic carbocycles. The minimum Gasteiger partial charge on any atom is -0.381 e. The van der Waals surface area contributed by atoms with Crippen molar-refractivity contribution in [3.63, 3.8) is 0 Å². The van der Waals surface area contributed by atoms with Crippen molar-refractivity contribution in [2.45, 2.75) is 44.4 Å². The fourth-order valence-corrected chi connectivity index (χ4v) is 4.96. The number of hydrogen-bond acceptors (Lipinski definition) is 5. The molecule has 0 radical (unpaired) electrons. The second-order valence-corrected chi connectivity index (χ2v) is 8.69. The summed E-state index contributed by atoms with van der Waals surface area (Å²) in [6.07, 6.45) is 7.09. The van der Waals surface area contributed by atoms with Gasteiger partial charge in [-0.1, -0.05) is 6.07 Å². The van der Waals surface area contributed by atoms with Crippen LogP contribution in [-0.2, 0) is 23.1 Å². The number of methoxy groups -OCH3 is 2. The predicted molar refractivity (Wildman–Crippen MR) is 125 cm³/mol. The van der Waals surface area contributed by atoms with E-state index in [0.717, 1.165) is 47.8 Å². The van der Waals surface area contributed by atoms with Crippen LogP contribution >= 0.6 is 0 Å². The smallest absolute Gasteiger partial charge is 0.329 e. The molecule has 7 nitrogen and oxygen atoms in total. The zero-order valence-corrected chi connectivity index (χ0v) is 19.0. The van der Waals surface area contributed by atoms with E-state index in [1.807, 2.05) is 16.7 Å². The van der Waals surface area contributed by atoms with Crippen molar-refractivity contribution in [3.05, 3.63) is 58.7 Å². The Labute approximate surface area is 190 Å². The topological polar surface area (TPSA) is 71.2 Å². The number of benzene rings is 1. The number of pyridine rings is 2.